The Morgan fingerprint density at radius 1 is 0.692 bits per heavy atom. The molecule has 4 heteroatoms. The molecule has 4 aromatic rings. The lowest BCUT2D eigenvalue weighted by Crippen LogP contribution is -2.43. The summed E-state index contributed by atoms with van der Waals surface area (Å²) >= 11 is 0. The number of Topliss-reactive ketones (excluding diaryl/α,β-unsaturated/α-hetero) is 1. The van der Waals surface area contributed by atoms with Gasteiger partial charge in [0.2, 0.25) is 0 Å². The van der Waals surface area contributed by atoms with Crippen LogP contribution >= 0.6 is 0 Å². The van der Waals surface area contributed by atoms with E-state index >= 15 is 0 Å². The van der Waals surface area contributed by atoms with Gasteiger partial charge in [0.1, 0.15) is 23.8 Å². The number of anilines is 1. The molecule has 39 heavy (non-hydrogen) atoms. The molecule has 0 spiro atoms. The molecule has 0 N–H and O–H groups in total. The summed E-state index contributed by atoms with van der Waals surface area (Å²) in [5.74, 6) is -0.622. The van der Waals surface area contributed by atoms with E-state index in [4.69, 9.17) is 0 Å². The van der Waals surface area contributed by atoms with Crippen LogP contribution < -0.4 is 4.90 Å². The van der Waals surface area contributed by atoms with E-state index in [1.807, 2.05) is 91.0 Å². The number of hydrogen-bond acceptors (Lipinski definition) is 4. The molecule has 0 aliphatic carbocycles. The summed E-state index contributed by atoms with van der Waals surface area (Å²) in [6.45, 7) is 0. The molecule has 2 heterocycles. The molecular weight excluding hydrogens is 478 g/mol. The van der Waals surface area contributed by atoms with Crippen molar-refractivity contribution in [2.75, 3.05) is 4.90 Å². The van der Waals surface area contributed by atoms with Gasteiger partial charge in [-0.25, -0.2) is 0 Å². The number of fused-ring (bicyclic) bond motifs is 3. The first kappa shape index (κ1) is 24.2. The molecule has 2 aliphatic rings. The maximum absolute atomic E-state index is 14.5. The molecule has 0 amide bonds. The summed E-state index contributed by atoms with van der Waals surface area (Å²) in [6, 6.07) is 40.8. The number of hydrogen-bond donors (Lipinski definition) is 0. The lowest BCUT2D eigenvalue weighted by Gasteiger charge is -2.36. The fourth-order valence-electron chi connectivity index (χ4n) is 6.27. The van der Waals surface area contributed by atoms with Gasteiger partial charge in [-0.05, 0) is 28.3 Å². The van der Waals surface area contributed by atoms with Crippen LogP contribution in [0, 0.1) is 28.6 Å². The number of benzene rings is 4. The van der Waals surface area contributed by atoms with Gasteiger partial charge in [0.15, 0.2) is 5.78 Å². The third-order valence-electron chi connectivity index (χ3n) is 7.83. The fraction of sp³-hybridized carbons (Fsp3) is 0.114. The molecule has 0 radical (unpaired) electrons. The second kappa shape index (κ2) is 10.3. The first-order valence-electron chi connectivity index (χ1n) is 13.0. The Morgan fingerprint density at radius 3 is 1.90 bits per heavy atom. The summed E-state index contributed by atoms with van der Waals surface area (Å²) in [4.78, 5) is 16.7. The zero-order chi connectivity index (χ0) is 26.8. The second-order valence-corrected chi connectivity index (χ2v) is 9.83. The quantitative estimate of drug-likeness (QED) is 0.216. The molecule has 0 saturated carbocycles. The molecule has 186 valence electrons. The van der Waals surface area contributed by atoms with Crippen LogP contribution in [0.25, 0.3) is 11.6 Å². The van der Waals surface area contributed by atoms with Crippen molar-refractivity contribution in [3.63, 3.8) is 0 Å². The normalized spacial score (nSPS) is 20.7. The fourth-order valence-corrected chi connectivity index (χ4v) is 6.27. The van der Waals surface area contributed by atoms with Gasteiger partial charge in [-0.15, -0.1) is 0 Å². The Morgan fingerprint density at radius 2 is 1.26 bits per heavy atom. The third kappa shape index (κ3) is 4.13. The van der Waals surface area contributed by atoms with Gasteiger partial charge < -0.3 is 4.90 Å². The number of nitrogens with zero attached hydrogens (tertiary/aromatic N) is 3. The van der Waals surface area contributed by atoms with Crippen LogP contribution in [-0.2, 0) is 0 Å². The monoisotopic (exact) mass is 503 g/mol. The lowest BCUT2D eigenvalue weighted by atomic mass is 9.73. The highest BCUT2D eigenvalue weighted by Gasteiger charge is 2.54. The average molecular weight is 504 g/mol. The van der Waals surface area contributed by atoms with Gasteiger partial charge in [0.25, 0.3) is 0 Å². The molecule has 2 aliphatic heterocycles. The van der Waals surface area contributed by atoms with Crippen LogP contribution in [0.5, 0.6) is 0 Å². The smallest absolute Gasteiger partial charge is 0.185 e. The van der Waals surface area contributed by atoms with E-state index in [-0.39, 0.29) is 29.2 Å². The molecule has 1 saturated heterocycles. The Kier molecular flexibility index (Phi) is 6.37. The van der Waals surface area contributed by atoms with E-state index in [1.54, 1.807) is 0 Å². The van der Waals surface area contributed by atoms with E-state index in [2.05, 4.69) is 53.5 Å². The van der Waals surface area contributed by atoms with Crippen molar-refractivity contribution < 1.29 is 4.79 Å². The molecule has 1 fully saturated rings. The van der Waals surface area contributed by atoms with Gasteiger partial charge in [0.05, 0.1) is 6.04 Å². The predicted octanol–water partition coefficient (Wildman–Crippen LogP) is 7.05. The number of nitriles is 2. The summed E-state index contributed by atoms with van der Waals surface area (Å²) in [5.41, 5.74) is 5.23. The van der Waals surface area contributed by atoms with Crippen molar-refractivity contribution in [1.29, 1.82) is 10.5 Å². The summed E-state index contributed by atoms with van der Waals surface area (Å²) in [5, 5.41) is 20.3. The highest BCUT2D eigenvalue weighted by molar-refractivity contribution is 6.04. The molecular formula is C35H25N3O. The average Bonchev–Trinajstić information content (AvgIpc) is 3.36. The number of allylic oxidation sites excluding steroid dienone is 1. The van der Waals surface area contributed by atoms with Crippen LogP contribution in [0.4, 0.5) is 5.69 Å². The van der Waals surface area contributed by atoms with Crippen molar-refractivity contribution in [3.05, 3.63) is 149 Å². The van der Waals surface area contributed by atoms with Gasteiger partial charge in [0, 0.05) is 23.1 Å². The predicted molar refractivity (Wildman–Crippen MR) is 154 cm³/mol. The van der Waals surface area contributed by atoms with E-state index in [0.717, 1.165) is 22.4 Å². The molecule has 4 nitrogen and oxygen atoms in total. The summed E-state index contributed by atoms with van der Waals surface area (Å²) < 4.78 is 0. The van der Waals surface area contributed by atoms with E-state index in [9.17, 15) is 15.3 Å². The maximum Gasteiger partial charge on any atom is 0.185 e. The van der Waals surface area contributed by atoms with Crippen LogP contribution in [0.3, 0.4) is 0 Å². The number of carbonyl (C=O) groups excluding carboxylic acids is 1. The first-order chi connectivity index (χ1) is 19.2. The number of para-hydroxylation sites is 1. The Balaban J connectivity index is 1.67. The maximum atomic E-state index is 14.5. The number of rotatable bonds is 5. The topological polar surface area (TPSA) is 67.9 Å². The first-order valence-corrected chi connectivity index (χ1v) is 13.0. The minimum atomic E-state index is -0.548. The van der Waals surface area contributed by atoms with Crippen molar-refractivity contribution >= 4 is 23.1 Å². The van der Waals surface area contributed by atoms with Crippen molar-refractivity contribution in [3.8, 4) is 12.1 Å². The van der Waals surface area contributed by atoms with Crippen LogP contribution in [0.1, 0.15) is 33.0 Å². The summed E-state index contributed by atoms with van der Waals surface area (Å²) in [6.07, 6.45) is 4.23. The number of carbonyl (C=O) groups is 1. The highest BCUT2D eigenvalue weighted by atomic mass is 16.1. The van der Waals surface area contributed by atoms with E-state index < -0.39 is 6.04 Å². The van der Waals surface area contributed by atoms with Gasteiger partial charge >= 0.3 is 0 Å². The minimum absolute atomic E-state index is 0.0185. The van der Waals surface area contributed by atoms with Crippen molar-refractivity contribution in [1.82, 2.24) is 0 Å². The van der Waals surface area contributed by atoms with Crippen molar-refractivity contribution in [2.24, 2.45) is 5.92 Å². The van der Waals surface area contributed by atoms with Crippen molar-refractivity contribution in [2.45, 2.75) is 18.0 Å². The van der Waals surface area contributed by atoms with Gasteiger partial charge in [-0.1, -0.05) is 121 Å². The van der Waals surface area contributed by atoms with Gasteiger partial charge in [-0.2, -0.15) is 10.5 Å². The lowest BCUT2D eigenvalue weighted by molar-refractivity contribution is 0.0953. The molecule has 4 aromatic carbocycles. The molecule has 4 atom stereocenters. The van der Waals surface area contributed by atoms with Crippen LogP contribution in [-0.4, -0.2) is 17.9 Å². The highest BCUT2D eigenvalue weighted by Crippen LogP contribution is 2.54. The Bertz CT molecular complexity index is 1640. The van der Waals surface area contributed by atoms with Crippen LogP contribution in [0.2, 0.25) is 0 Å². The number of ketones is 1. The zero-order valence-electron chi connectivity index (χ0n) is 21.2. The standard InChI is InChI=1S/C35H25N3O/c36-22-28(23-37)31(25-13-4-1-5-14-25)33-30-21-20-24-12-10-11-19-29(24)38(30)34(32(33)26-15-6-2-7-16-26)35(39)27-17-8-3-9-18-27/h1-21,30,32-34H/t30-,32-,33-,34-/m0/s1. The molecule has 0 unspecified atom stereocenters. The molecule has 6 rings (SSSR count). The zero-order valence-corrected chi connectivity index (χ0v) is 21.2. The largest absolute Gasteiger partial charge is 0.353 e. The summed E-state index contributed by atoms with van der Waals surface area (Å²) in [7, 11) is 0. The van der Waals surface area contributed by atoms with E-state index in [1.165, 1.54) is 0 Å². The Hall–Kier alpha value is -5.19. The second-order valence-electron chi connectivity index (χ2n) is 9.83. The van der Waals surface area contributed by atoms with E-state index in [0.29, 0.717) is 11.1 Å². The third-order valence-corrected chi connectivity index (χ3v) is 7.83. The SMILES string of the molecule is N#CC(C#N)=C(c1ccccc1)[C@H]1[C@H](c2ccccc2)[C@@H](C(=O)c2ccccc2)N2c3ccccc3C=C[C@@H]12. The minimum Gasteiger partial charge on any atom is -0.353 e. The molecule has 0 aromatic heterocycles. The Labute approximate surface area is 228 Å². The van der Waals surface area contributed by atoms with Crippen LogP contribution in [0.15, 0.2) is 127 Å². The van der Waals surface area contributed by atoms with Gasteiger partial charge in [-0.3, -0.25) is 4.79 Å². The molecule has 0 bridgehead atoms.